The second-order valence-corrected chi connectivity index (χ2v) is 8.32. The summed E-state index contributed by atoms with van der Waals surface area (Å²) in [6.07, 6.45) is 0.936. The fourth-order valence-electron chi connectivity index (χ4n) is 3.55. The zero-order chi connectivity index (χ0) is 19.2. The lowest BCUT2D eigenvalue weighted by Gasteiger charge is -2.23. The Labute approximate surface area is 157 Å². The van der Waals surface area contributed by atoms with Gasteiger partial charge in [0.05, 0.1) is 11.4 Å². The number of benzene rings is 1. The number of sulfonamides is 1. The zero-order valence-corrected chi connectivity index (χ0v) is 16.1. The van der Waals surface area contributed by atoms with Gasteiger partial charge < -0.3 is 4.90 Å². The van der Waals surface area contributed by atoms with Crippen molar-refractivity contribution < 1.29 is 8.42 Å². The lowest BCUT2D eigenvalue weighted by Crippen LogP contribution is -2.25. The van der Waals surface area contributed by atoms with E-state index in [4.69, 9.17) is 0 Å². The summed E-state index contributed by atoms with van der Waals surface area (Å²) in [7, 11) is -3.78. The van der Waals surface area contributed by atoms with Gasteiger partial charge in [-0.3, -0.25) is 9.82 Å². The molecule has 0 saturated heterocycles. The number of H-pyrrole nitrogens is 1. The highest BCUT2D eigenvalue weighted by Crippen LogP contribution is 2.37. The van der Waals surface area contributed by atoms with Crippen LogP contribution in [0, 0.1) is 13.8 Å². The Balaban J connectivity index is 1.60. The normalized spacial score (nSPS) is 16.4. The maximum absolute atomic E-state index is 12.6. The second kappa shape index (κ2) is 6.34. The maximum Gasteiger partial charge on any atom is 0.266 e. The fraction of sp³-hybridized carbons (Fsp3) is 0.278. The third kappa shape index (κ3) is 3.03. The molecule has 1 unspecified atom stereocenters. The molecule has 8 nitrogen and oxygen atoms in total. The SMILES string of the molecule is Cc1n[nH]c(C)c1S(=O)(=O)Nc1ccc(N2c3ccccc3CC2C)nn1. The van der Waals surface area contributed by atoms with E-state index in [1.165, 1.54) is 5.56 Å². The van der Waals surface area contributed by atoms with E-state index < -0.39 is 10.0 Å². The lowest BCUT2D eigenvalue weighted by molar-refractivity contribution is 0.599. The monoisotopic (exact) mass is 384 g/mol. The molecule has 140 valence electrons. The Morgan fingerprint density at radius 1 is 1.15 bits per heavy atom. The van der Waals surface area contributed by atoms with Gasteiger partial charge in [-0.25, -0.2) is 8.42 Å². The van der Waals surface area contributed by atoms with Crippen LogP contribution in [0.5, 0.6) is 0 Å². The minimum Gasteiger partial charge on any atom is -0.321 e. The Morgan fingerprint density at radius 3 is 2.59 bits per heavy atom. The van der Waals surface area contributed by atoms with E-state index in [1.54, 1.807) is 26.0 Å². The number of fused-ring (bicyclic) bond motifs is 1. The van der Waals surface area contributed by atoms with Crippen molar-refractivity contribution in [2.45, 2.75) is 38.1 Å². The summed E-state index contributed by atoms with van der Waals surface area (Å²) < 4.78 is 27.7. The first kappa shape index (κ1) is 17.5. The number of rotatable bonds is 4. The number of aromatic amines is 1. The van der Waals surface area contributed by atoms with Gasteiger partial charge >= 0.3 is 0 Å². The molecular weight excluding hydrogens is 364 g/mol. The predicted molar refractivity (Wildman–Crippen MR) is 103 cm³/mol. The third-order valence-electron chi connectivity index (χ3n) is 4.67. The molecule has 4 rings (SSSR count). The van der Waals surface area contributed by atoms with Crippen molar-refractivity contribution in [3.8, 4) is 0 Å². The van der Waals surface area contributed by atoms with E-state index in [0.29, 0.717) is 17.2 Å². The Hall–Kier alpha value is -2.94. The van der Waals surface area contributed by atoms with Gasteiger partial charge in [0, 0.05) is 11.7 Å². The highest BCUT2D eigenvalue weighted by atomic mass is 32.2. The van der Waals surface area contributed by atoms with Crippen LogP contribution in [-0.2, 0) is 16.4 Å². The van der Waals surface area contributed by atoms with E-state index in [0.717, 1.165) is 12.1 Å². The molecule has 3 aromatic rings. The zero-order valence-electron chi connectivity index (χ0n) is 15.3. The van der Waals surface area contributed by atoms with E-state index in [1.807, 2.05) is 12.1 Å². The lowest BCUT2D eigenvalue weighted by atomic mass is 10.1. The first-order chi connectivity index (χ1) is 12.9. The van der Waals surface area contributed by atoms with Crippen LogP contribution in [0.15, 0.2) is 41.3 Å². The van der Waals surface area contributed by atoms with Gasteiger partial charge in [0.1, 0.15) is 4.90 Å². The number of anilines is 3. The highest BCUT2D eigenvalue weighted by Gasteiger charge is 2.28. The Bertz CT molecular complexity index is 1070. The van der Waals surface area contributed by atoms with Crippen LogP contribution in [-0.4, -0.2) is 34.9 Å². The summed E-state index contributed by atoms with van der Waals surface area (Å²) >= 11 is 0. The molecule has 1 atom stereocenters. The van der Waals surface area contributed by atoms with Gasteiger partial charge in [-0.15, -0.1) is 10.2 Å². The molecular formula is C18H20N6O2S. The second-order valence-electron chi connectivity index (χ2n) is 6.70. The molecule has 27 heavy (non-hydrogen) atoms. The van der Waals surface area contributed by atoms with Crippen molar-refractivity contribution in [1.29, 1.82) is 0 Å². The number of nitrogens with one attached hydrogen (secondary N) is 2. The highest BCUT2D eigenvalue weighted by molar-refractivity contribution is 7.92. The number of hydrogen-bond donors (Lipinski definition) is 2. The minimum atomic E-state index is -3.78. The van der Waals surface area contributed by atoms with E-state index in [-0.39, 0.29) is 16.8 Å². The van der Waals surface area contributed by atoms with Crippen LogP contribution < -0.4 is 9.62 Å². The quantitative estimate of drug-likeness (QED) is 0.717. The molecule has 2 N–H and O–H groups in total. The van der Waals surface area contributed by atoms with Crippen molar-refractivity contribution in [2.75, 3.05) is 9.62 Å². The molecule has 0 aliphatic carbocycles. The summed E-state index contributed by atoms with van der Waals surface area (Å²) in [6, 6.07) is 11.8. The molecule has 0 amide bonds. The third-order valence-corrected chi connectivity index (χ3v) is 6.29. The van der Waals surface area contributed by atoms with Gasteiger partial charge in [0.15, 0.2) is 11.6 Å². The first-order valence-corrected chi connectivity index (χ1v) is 10.1. The molecule has 0 radical (unpaired) electrons. The maximum atomic E-state index is 12.6. The standard InChI is InChI=1S/C18H20N6O2S/c1-11-10-14-6-4-5-7-15(14)24(11)17-9-8-16(21-22-17)23-27(25,26)18-12(2)19-20-13(18)3/h4-9,11H,10H2,1-3H3,(H,19,20)(H,21,23). The number of aromatic nitrogens is 4. The molecule has 9 heteroatoms. The topological polar surface area (TPSA) is 104 Å². The minimum absolute atomic E-state index is 0.135. The molecule has 0 spiro atoms. The van der Waals surface area contributed by atoms with Crippen LogP contribution >= 0.6 is 0 Å². The molecule has 1 aromatic carbocycles. The van der Waals surface area contributed by atoms with Gasteiger partial charge in [0.25, 0.3) is 10.0 Å². The van der Waals surface area contributed by atoms with Gasteiger partial charge in [0.2, 0.25) is 0 Å². The molecule has 0 saturated carbocycles. The summed E-state index contributed by atoms with van der Waals surface area (Å²) in [5.41, 5.74) is 3.26. The van der Waals surface area contributed by atoms with Crippen molar-refractivity contribution >= 4 is 27.3 Å². The predicted octanol–water partition coefficient (Wildman–Crippen LogP) is 2.70. The van der Waals surface area contributed by atoms with Crippen molar-refractivity contribution in [3.05, 3.63) is 53.3 Å². The van der Waals surface area contributed by atoms with Crippen LogP contribution in [0.2, 0.25) is 0 Å². The van der Waals surface area contributed by atoms with Gasteiger partial charge in [-0.1, -0.05) is 18.2 Å². The number of hydrogen-bond acceptors (Lipinski definition) is 6. The van der Waals surface area contributed by atoms with Crippen molar-refractivity contribution in [3.63, 3.8) is 0 Å². The van der Waals surface area contributed by atoms with Crippen molar-refractivity contribution in [1.82, 2.24) is 20.4 Å². The van der Waals surface area contributed by atoms with Crippen molar-refractivity contribution in [2.24, 2.45) is 0 Å². The molecule has 0 fully saturated rings. The van der Waals surface area contributed by atoms with Gasteiger partial charge in [-0.05, 0) is 51.0 Å². The number of para-hydroxylation sites is 1. The Kier molecular flexibility index (Phi) is 4.11. The van der Waals surface area contributed by atoms with E-state index in [2.05, 4.69) is 49.1 Å². The number of nitrogens with zero attached hydrogens (tertiary/aromatic N) is 4. The van der Waals surface area contributed by atoms with Gasteiger partial charge in [-0.2, -0.15) is 5.10 Å². The van der Waals surface area contributed by atoms with E-state index >= 15 is 0 Å². The van der Waals surface area contributed by atoms with Crippen LogP contribution in [0.25, 0.3) is 0 Å². The fourth-order valence-corrected chi connectivity index (χ4v) is 4.92. The van der Waals surface area contributed by atoms with Crippen LogP contribution in [0.3, 0.4) is 0 Å². The molecule has 2 aromatic heterocycles. The summed E-state index contributed by atoms with van der Waals surface area (Å²) in [5, 5.41) is 14.9. The molecule has 0 bridgehead atoms. The average molecular weight is 384 g/mol. The molecule has 1 aliphatic heterocycles. The smallest absolute Gasteiger partial charge is 0.266 e. The van der Waals surface area contributed by atoms with Crippen LogP contribution in [0.4, 0.5) is 17.3 Å². The molecule has 3 heterocycles. The first-order valence-electron chi connectivity index (χ1n) is 8.62. The number of aryl methyl sites for hydroxylation is 2. The van der Waals surface area contributed by atoms with E-state index in [9.17, 15) is 8.42 Å². The average Bonchev–Trinajstić information content (AvgIpc) is 3.14. The van der Waals surface area contributed by atoms with Crippen LogP contribution in [0.1, 0.15) is 23.9 Å². The summed E-state index contributed by atoms with van der Waals surface area (Å²) in [5.74, 6) is 0.852. The Morgan fingerprint density at radius 2 is 1.93 bits per heavy atom. The summed E-state index contributed by atoms with van der Waals surface area (Å²) in [6.45, 7) is 5.43. The molecule has 1 aliphatic rings. The summed E-state index contributed by atoms with van der Waals surface area (Å²) in [4.78, 5) is 2.25. The largest absolute Gasteiger partial charge is 0.321 e.